The van der Waals surface area contributed by atoms with E-state index >= 15 is 0 Å². The Bertz CT molecular complexity index is 925. The number of benzene rings is 2. The van der Waals surface area contributed by atoms with Gasteiger partial charge in [-0.15, -0.1) is 11.3 Å². The Balaban J connectivity index is 2.06. The second-order valence-corrected chi connectivity index (χ2v) is 8.12. The van der Waals surface area contributed by atoms with Crippen molar-refractivity contribution in [3.63, 3.8) is 0 Å². The van der Waals surface area contributed by atoms with E-state index in [9.17, 15) is 9.90 Å². The van der Waals surface area contributed by atoms with Gasteiger partial charge in [-0.25, -0.2) is 4.98 Å². The van der Waals surface area contributed by atoms with Crippen LogP contribution in [0.3, 0.4) is 0 Å². The van der Waals surface area contributed by atoms with Crippen LogP contribution in [0, 0.1) is 0 Å². The summed E-state index contributed by atoms with van der Waals surface area (Å²) in [5.41, 5.74) is 2.60. The molecular formula is C18H13Br2NO3S. The van der Waals surface area contributed by atoms with Crippen LogP contribution in [0.15, 0.2) is 45.3 Å². The molecule has 0 fully saturated rings. The first-order valence-corrected chi connectivity index (χ1v) is 9.80. The highest BCUT2D eigenvalue weighted by molar-refractivity contribution is 9.11. The van der Waals surface area contributed by atoms with E-state index in [2.05, 4.69) is 36.8 Å². The fraction of sp³-hybridized carbons (Fsp3) is 0.111. The van der Waals surface area contributed by atoms with E-state index in [1.54, 1.807) is 23.5 Å². The standard InChI is InChI=1S/C18H13Br2NO3S/c19-12-8-10(9-13(20)17(12)24)7-11(5-6-16(22)23)18-21-14-3-1-2-4-15(14)25-18/h1-4,7-9,24H,5-6H2,(H,22,23). The summed E-state index contributed by atoms with van der Waals surface area (Å²) >= 11 is 8.18. The van der Waals surface area contributed by atoms with Gasteiger partial charge in [0.1, 0.15) is 10.8 Å². The minimum absolute atomic E-state index is 0.0299. The summed E-state index contributed by atoms with van der Waals surface area (Å²) in [6.45, 7) is 0. The maximum atomic E-state index is 11.0. The van der Waals surface area contributed by atoms with Gasteiger partial charge in [0.2, 0.25) is 0 Å². The van der Waals surface area contributed by atoms with Gasteiger partial charge in [0.25, 0.3) is 0 Å². The Morgan fingerprint density at radius 2 is 1.84 bits per heavy atom. The van der Waals surface area contributed by atoms with Crippen LogP contribution >= 0.6 is 43.2 Å². The van der Waals surface area contributed by atoms with Gasteiger partial charge in [0.15, 0.2) is 0 Å². The number of fused-ring (bicyclic) bond motifs is 1. The van der Waals surface area contributed by atoms with Gasteiger partial charge < -0.3 is 10.2 Å². The van der Waals surface area contributed by atoms with Crippen LogP contribution in [0.4, 0.5) is 0 Å². The van der Waals surface area contributed by atoms with E-state index in [1.807, 2.05) is 30.3 Å². The summed E-state index contributed by atoms with van der Waals surface area (Å²) in [4.78, 5) is 15.7. The van der Waals surface area contributed by atoms with Gasteiger partial charge in [0.05, 0.1) is 19.2 Å². The normalized spacial score (nSPS) is 11.8. The number of nitrogens with zero attached hydrogens (tertiary/aromatic N) is 1. The number of aromatic hydroxyl groups is 1. The van der Waals surface area contributed by atoms with Gasteiger partial charge >= 0.3 is 5.97 Å². The third-order valence-electron chi connectivity index (χ3n) is 3.56. The Morgan fingerprint density at radius 1 is 1.16 bits per heavy atom. The molecule has 0 saturated carbocycles. The van der Waals surface area contributed by atoms with Crippen molar-refractivity contribution in [3.05, 3.63) is 55.9 Å². The number of allylic oxidation sites excluding steroid dienone is 1. The SMILES string of the molecule is O=C(O)CCC(=Cc1cc(Br)c(O)c(Br)c1)c1nc2ccccc2s1. The smallest absolute Gasteiger partial charge is 0.303 e. The summed E-state index contributed by atoms with van der Waals surface area (Å²) in [5.74, 6) is -0.718. The number of phenolic OH excluding ortho intramolecular Hbond substituents is 1. The van der Waals surface area contributed by atoms with Gasteiger partial charge in [0, 0.05) is 6.42 Å². The number of phenols is 1. The second kappa shape index (κ2) is 7.68. The molecule has 0 aliphatic heterocycles. The fourth-order valence-corrected chi connectivity index (χ4v) is 4.59. The van der Waals surface area contributed by atoms with Crippen molar-refractivity contribution < 1.29 is 15.0 Å². The Hall–Kier alpha value is -1.70. The molecule has 2 aromatic carbocycles. The fourth-order valence-electron chi connectivity index (χ4n) is 2.36. The van der Waals surface area contributed by atoms with Gasteiger partial charge in [-0.3, -0.25) is 4.79 Å². The van der Waals surface area contributed by atoms with Gasteiger partial charge in [-0.05, 0) is 79.8 Å². The summed E-state index contributed by atoms with van der Waals surface area (Å²) < 4.78 is 2.19. The Labute approximate surface area is 165 Å². The highest BCUT2D eigenvalue weighted by atomic mass is 79.9. The molecule has 0 spiro atoms. The number of para-hydroxylation sites is 1. The molecule has 0 amide bonds. The predicted molar refractivity (Wildman–Crippen MR) is 108 cm³/mol. The lowest BCUT2D eigenvalue weighted by molar-refractivity contribution is -0.136. The zero-order valence-corrected chi connectivity index (χ0v) is 16.9. The number of halogens is 2. The number of carboxylic acids is 1. The van der Waals surface area contributed by atoms with Crippen LogP contribution in [0.5, 0.6) is 5.75 Å². The predicted octanol–water partition coefficient (Wildman–Crippen LogP) is 5.93. The van der Waals surface area contributed by atoms with Crippen LogP contribution in [-0.4, -0.2) is 21.2 Å². The number of aliphatic carboxylic acids is 1. The third kappa shape index (κ3) is 4.29. The van der Waals surface area contributed by atoms with Crippen LogP contribution in [-0.2, 0) is 4.79 Å². The van der Waals surface area contributed by atoms with Crippen molar-refractivity contribution in [3.8, 4) is 5.75 Å². The lowest BCUT2D eigenvalue weighted by atomic mass is 10.1. The maximum absolute atomic E-state index is 11.0. The monoisotopic (exact) mass is 481 g/mol. The molecule has 0 bridgehead atoms. The second-order valence-electron chi connectivity index (χ2n) is 5.38. The van der Waals surface area contributed by atoms with Crippen LogP contribution in [0.1, 0.15) is 23.4 Å². The first-order valence-electron chi connectivity index (χ1n) is 7.40. The highest BCUT2D eigenvalue weighted by Crippen LogP contribution is 2.36. The van der Waals surface area contributed by atoms with Crippen molar-refractivity contribution in [2.24, 2.45) is 0 Å². The van der Waals surface area contributed by atoms with Crippen molar-refractivity contribution >= 4 is 71.0 Å². The largest absolute Gasteiger partial charge is 0.506 e. The number of aromatic nitrogens is 1. The maximum Gasteiger partial charge on any atom is 0.303 e. The van der Waals surface area contributed by atoms with Gasteiger partial charge in [-0.2, -0.15) is 0 Å². The molecule has 0 saturated heterocycles. The number of carbonyl (C=O) groups is 1. The minimum atomic E-state index is -0.847. The van der Waals surface area contributed by atoms with E-state index < -0.39 is 5.97 Å². The van der Waals surface area contributed by atoms with Crippen molar-refractivity contribution in [2.45, 2.75) is 12.8 Å². The Kier molecular flexibility index (Phi) is 5.56. The number of carboxylic acid groups (broad SMARTS) is 1. The molecule has 1 aromatic heterocycles. The van der Waals surface area contributed by atoms with Crippen LogP contribution < -0.4 is 0 Å². The molecule has 25 heavy (non-hydrogen) atoms. The molecule has 0 unspecified atom stereocenters. The topological polar surface area (TPSA) is 70.4 Å². The van der Waals surface area contributed by atoms with E-state index in [0.29, 0.717) is 15.4 Å². The average Bonchev–Trinajstić information content (AvgIpc) is 3.00. The van der Waals surface area contributed by atoms with E-state index in [-0.39, 0.29) is 12.2 Å². The molecule has 0 aliphatic rings. The van der Waals surface area contributed by atoms with E-state index in [4.69, 9.17) is 5.11 Å². The number of thiazole rings is 1. The number of hydrogen-bond acceptors (Lipinski definition) is 4. The molecule has 1 heterocycles. The molecule has 2 N–H and O–H groups in total. The third-order valence-corrected chi connectivity index (χ3v) is 5.88. The van der Waals surface area contributed by atoms with Crippen molar-refractivity contribution in [1.29, 1.82) is 0 Å². The quantitative estimate of drug-likeness (QED) is 0.472. The molecular weight excluding hydrogens is 470 g/mol. The minimum Gasteiger partial charge on any atom is -0.506 e. The summed E-state index contributed by atoms with van der Waals surface area (Å²) in [7, 11) is 0. The zero-order valence-electron chi connectivity index (χ0n) is 12.9. The zero-order chi connectivity index (χ0) is 18.0. The van der Waals surface area contributed by atoms with E-state index in [1.165, 1.54) is 0 Å². The van der Waals surface area contributed by atoms with Gasteiger partial charge in [-0.1, -0.05) is 12.1 Å². The van der Waals surface area contributed by atoms with E-state index in [0.717, 1.165) is 26.4 Å². The lowest BCUT2D eigenvalue weighted by Crippen LogP contribution is -1.95. The lowest BCUT2D eigenvalue weighted by Gasteiger charge is -2.06. The molecule has 0 aliphatic carbocycles. The summed E-state index contributed by atoms with van der Waals surface area (Å²) in [5, 5.41) is 19.7. The molecule has 7 heteroatoms. The molecule has 0 radical (unpaired) electrons. The van der Waals surface area contributed by atoms with Crippen molar-refractivity contribution in [1.82, 2.24) is 4.98 Å². The highest BCUT2D eigenvalue weighted by Gasteiger charge is 2.12. The molecule has 128 valence electrons. The molecule has 4 nitrogen and oxygen atoms in total. The first-order chi connectivity index (χ1) is 11.9. The molecule has 3 rings (SSSR count). The Morgan fingerprint density at radius 3 is 2.48 bits per heavy atom. The average molecular weight is 483 g/mol. The molecule has 0 atom stereocenters. The molecule has 3 aromatic rings. The number of rotatable bonds is 5. The van der Waals surface area contributed by atoms with Crippen LogP contribution in [0.2, 0.25) is 0 Å². The number of hydrogen-bond donors (Lipinski definition) is 2. The summed E-state index contributed by atoms with van der Waals surface area (Å²) in [6.07, 6.45) is 2.32. The van der Waals surface area contributed by atoms with Crippen molar-refractivity contribution in [2.75, 3.05) is 0 Å². The first kappa shape index (κ1) is 18.1. The van der Waals surface area contributed by atoms with Crippen LogP contribution in [0.25, 0.3) is 21.9 Å². The summed E-state index contributed by atoms with van der Waals surface area (Å²) in [6, 6.07) is 11.4.